The van der Waals surface area contributed by atoms with Crippen LogP contribution in [0, 0.1) is 0 Å². The Morgan fingerprint density at radius 2 is 2.10 bits per heavy atom. The number of hydrogen-bond acceptors (Lipinski definition) is 9. The van der Waals surface area contributed by atoms with Crippen LogP contribution in [0.2, 0.25) is 0 Å². The zero-order valence-electron chi connectivity index (χ0n) is 10.3. The first-order valence-corrected chi connectivity index (χ1v) is 5.94. The van der Waals surface area contributed by atoms with Crippen molar-refractivity contribution < 1.29 is 20.1 Å². The Morgan fingerprint density at radius 1 is 1.30 bits per heavy atom. The molecule has 0 radical (unpaired) electrons. The summed E-state index contributed by atoms with van der Waals surface area (Å²) in [5.74, 6) is 5.66. The monoisotopic (exact) mass is 282 g/mol. The zero-order valence-corrected chi connectivity index (χ0v) is 10.3. The lowest BCUT2D eigenvalue weighted by Gasteiger charge is -2.16. The van der Waals surface area contributed by atoms with Gasteiger partial charge in [0.2, 0.25) is 0 Å². The van der Waals surface area contributed by atoms with Gasteiger partial charge in [0.1, 0.15) is 24.6 Å². The summed E-state index contributed by atoms with van der Waals surface area (Å²) in [6, 6.07) is 0. The van der Waals surface area contributed by atoms with E-state index in [1.807, 2.05) is 0 Å². The molecule has 0 aromatic carbocycles. The number of ether oxygens (including phenoxy) is 1. The molecule has 2 aromatic rings. The van der Waals surface area contributed by atoms with Crippen molar-refractivity contribution in [1.29, 1.82) is 0 Å². The van der Waals surface area contributed by atoms with Crippen LogP contribution in [0.5, 0.6) is 0 Å². The molecule has 1 saturated heterocycles. The molecule has 0 saturated carbocycles. The summed E-state index contributed by atoms with van der Waals surface area (Å²) in [6.07, 6.45) is -1.45. The molecule has 1 fully saturated rings. The zero-order chi connectivity index (χ0) is 14.3. The lowest BCUT2D eigenvalue weighted by molar-refractivity contribution is -0.0511. The van der Waals surface area contributed by atoms with Crippen molar-refractivity contribution in [2.45, 2.75) is 24.5 Å². The molecule has 3 heterocycles. The van der Waals surface area contributed by atoms with Gasteiger partial charge in [-0.15, -0.1) is 0 Å². The number of aliphatic hydroxyl groups is 3. The molecule has 20 heavy (non-hydrogen) atoms. The maximum absolute atomic E-state index is 10.00. The van der Waals surface area contributed by atoms with E-state index in [2.05, 4.69) is 20.4 Å². The van der Waals surface area contributed by atoms with E-state index in [1.165, 1.54) is 17.2 Å². The van der Waals surface area contributed by atoms with E-state index < -0.39 is 31.1 Å². The fraction of sp³-hybridized carbons (Fsp3) is 0.500. The maximum atomic E-state index is 10.00. The van der Waals surface area contributed by atoms with Crippen LogP contribution in [0.15, 0.2) is 12.7 Å². The number of anilines is 1. The predicted molar refractivity (Wildman–Crippen MR) is 66.1 cm³/mol. The van der Waals surface area contributed by atoms with Gasteiger partial charge in [-0.2, -0.15) is 0 Å². The van der Waals surface area contributed by atoms with Crippen molar-refractivity contribution in [3.05, 3.63) is 12.7 Å². The molecule has 1 aliphatic rings. The van der Waals surface area contributed by atoms with Crippen LogP contribution in [-0.2, 0) is 4.74 Å². The van der Waals surface area contributed by atoms with Crippen molar-refractivity contribution >= 4 is 17.0 Å². The number of hydrazine groups is 1. The minimum atomic E-state index is -1.20. The van der Waals surface area contributed by atoms with Crippen molar-refractivity contribution in [2.75, 3.05) is 12.0 Å². The number of imidazole rings is 1. The average Bonchev–Trinajstić information content (AvgIpc) is 3.01. The fourth-order valence-corrected chi connectivity index (χ4v) is 2.25. The summed E-state index contributed by atoms with van der Waals surface area (Å²) in [5.41, 5.74) is 3.20. The molecule has 0 spiro atoms. The van der Waals surface area contributed by atoms with Gasteiger partial charge in [0.05, 0.1) is 12.9 Å². The summed E-state index contributed by atoms with van der Waals surface area (Å²) >= 11 is 0. The number of nitrogens with two attached hydrogens (primary N) is 1. The molecule has 10 heteroatoms. The SMILES string of the molecule is NNc1ncnc2c1ncn2[C@H]1O[C@@H](CO)[C@@H](O)[C@H]1O. The molecule has 1 aliphatic heterocycles. The van der Waals surface area contributed by atoms with Gasteiger partial charge < -0.3 is 25.5 Å². The molecule has 0 amide bonds. The first kappa shape index (κ1) is 13.1. The first-order valence-electron chi connectivity index (χ1n) is 5.94. The number of aromatic nitrogens is 4. The van der Waals surface area contributed by atoms with Gasteiger partial charge in [0.25, 0.3) is 0 Å². The third kappa shape index (κ3) is 1.82. The third-order valence-electron chi connectivity index (χ3n) is 3.29. The van der Waals surface area contributed by atoms with Gasteiger partial charge in [-0.3, -0.25) is 4.57 Å². The van der Waals surface area contributed by atoms with Gasteiger partial charge in [-0.1, -0.05) is 0 Å². The second-order valence-corrected chi connectivity index (χ2v) is 4.42. The highest BCUT2D eigenvalue weighted by atomic mass is 16.6. The van der Waals surface area contributed by atoms with E-state index in [-0.39, 0.29) is 0 Å². The normalized spacial score (nSPS) is 30.0. The summed E-state index contributed by atoms with van der Waals surface area (Å²) in [4.78, 5) is 12.1. The Labute approximate surface area is 112 Å². The highest BCUT2D eigenvalue weighted by Crippen LogP contribution is 2.31. The Morgan fingerprint density at radius 3 is 2.75 bits per heavy atom. The second-order valence-electron chi connectivity index (χ2n) is 4.42. The Bertz CT molecular complexity index is 619. The van der Waals surface area contributed by atoms with Gasteiger partial charge >= 0.3 is 0 Å². The summed E-state index contributed by atoms with van der Waals surface area (Å²) in [5, 5.41) is 28.9. The Kier molecular flexibility index (Phi) is 3.23. The van der Waals surface area contributed by atoms with Crippen LogP contribution in [0.4, 0.5) is 5.82 Å². The van der Waals surface area contributed by atoms with Gasteiger partial charge in [0.15, 0.2) is 23.2 Å². The van der Waals surface area contributed by atoms with Crippen LogP contribution in [0.1, 0.15) is 6.23 Å². The Balaban J connectivity index is 2.03. The smallest absolute Gasteiger partial charge is 0.171 e. The number of rotatable bonds is 3. The summed E-state index contributed by atoms with van der Waals surface area (Å²) in [6.45, 7) is -0.397. The lowest BCUT2D eigenvalue weighted by atomic mass is 10.1. The van der Waals surface area contributed by atoms with Crippen molar-refractivity contribution in [3.8, 4) is 0 Å². The Hall–Kier alpha value is -1.85. The lowest BCUT2D eigenvalue weighted by Crippen LogP contribution is -2.33. The molecule has 0 aliphatic carbocycles. The third-order valence-corrected chi connectivity index (χ3v) is 3.29. The van der Waals surface area contributed by atoms with E-state index >= 15 is 0 Å². The van der Waals surface area contributed by atoms with E-state index in [4.69, 9.17) is 15.7 Å². The van der Waals surface area contributed by atoms with Gasteiger partial charge in [-0.25, -0.2) is 20.8 Å². The van der Waals surface area contributed by atoms with Crippen molar-refractivity contribution in [2.24, 2.45) is 5.84 Å². The van der Waals surface area contributed by atoms with Crippen LogP contribution in [0.3, 0.4) is 0 Å². The van der Waals surface area contributed by atoms with Crippen LogP contribution in [-0.4, -0.2) is 59.8 Å². The number of hydrogen-bond donors (Lipinski definition) is 5. The fourth-order valence-electron chi connectivity index (χ4n) is 2.25. The molecule has 6 N–H and O–H groups in total. The molecular formula is C10H14N6O4. The number of nitrogens with one attached hydrogen (secondary N) is 1. The quantitative estimate of drug-likeness (QED) is 0.310. The van der Waals surface area contributed by atoms with Crippen molar-refractivity contribution in [3.63, 3.8) is 0 Å². The highest BCUT2D eigenvalue weighted by molar-refractivity contribution is 5.82. The van der Waals surface area contributed by atoms with E-state index in [1.54, 1.807) is 0 Å². The molecule has 108 valence electrons. The number of nitrogens with zero attached hydrogens (tertiary/aromatic N) is 4. The standard InChI is InChI=1S/C10H14N6O4/c11-15-8-5-9(13-2-12-8)16(3-14-5)10-7(19)6(18)4(1-17)20-10/h2-4,6-7,10,17-19H,1,11H2,(H,12,13,15)/t4-,6+,7+,10-/m0/s1. The first-order chi connectivity index (χ1) is 9.67. The number of nitrogen functional groups attached to an aromatic ring is 1. The minimum absolute atomic E-state index is 0.334. The van der Waals surface area contributed by atoms with Gasteiger partial charge in [-0.05, 0) is 0 Å². The molecule has 3 rings (SSSR count). The van der Waals surface area contributed by atoms with Crippen molar-refractivity contribution in [1.82, 2.24) is 19.5 Å². The second kappa shape index (κ2) is 4.92. The maximum Gasteiger partial charge on any atom is 0.171 e. The summed E-state index contributed by atoms with van der Waals surface area (Å²) in [7, 11) is 0. The molecule has 10 nitrogen and oxygen atoms in total. The topological polar surface area (TPSA) is 152 Å². The van der Waals surface area contributed by atoms with Crippen LogP contribution >= 0.6 is 0 Å². The molecule has 0 unspecified atom stereocenters. The average molecular weight is 282 g/mol. The molecular weight excluding hydrogens is 268 g/mol. The predicted octanol–water partition coefficient (Wildman–Crippen LogP) is -2.28. The van der Waals surface area contributed by atoms with Crippen LogP contribution in [0.25, 0.3) is 11.2 Å². The minimum Gasteiger partial charge on any atom is -0.394 e. The number of aliphatic hydroxyl groups excluding tert-OH is 3. The number of fused-ring (bicyclic) bond motifs is 1. The highest BCUT2D eigenvalue weighted by Gasteiger charge is 2.43. The summed E-state index contributed by atoms with van der Waals surface area (Å²) < 4.78 is 6.88. The molecule has 4 atom stereocenters. The van der Waals surface area contributed by atoms with Crippen LogP contribution < -0.4 is 11.3 Å². The molecule has 0 bridgehead atoms. The van der Waals surface area contributed by atoms with E-state index in [9.17, 15) is 10.2 Å². The van der Waals surface area contributed by atoms with Gasteiger partial charge in [0, 0.05) is 0 Å². The van der Waals surface area contributed by atoms with E-state index in [0.29, 0.717) is 17.0 Å². The van der Waals surface area contributed by atoms with E-state index in [0.717, 1.165) is 0 Å². The largest absolute Gasteiger partial charge is 0.394 e. The molecule has 2 aromatic heterocycles.